The Balaban J connectivity index is 2.29. The lowest BCUT2D eigenvalue weighted by molar-refractivity contribution is -0.133. The summed E-state index contributed by atoms with van der Waals surface area (Å²) in [6.07, 6.45) is 7.17. The van der Waals surface area contributed by atoms with Crippen LogP contribution in [0.15, 0.2) is 0 Å². The van der Waals surface area contributed by atoms with Gasteiger partial charge in [0.25, 0.3) is 0 Å². The van der Waals surface area contributed by atoms with Crippen molar-refractivity contribution in [2.75, 3.05) is 33.7 Å². The predicted molar refractivity (Wildman–Crippen MR) is 70.8 cm³/mol. The quantitative estimate of drug-likeness (QED) is 0.756. The van der Waals surface area contributed by atoms with Gasteiger partial charge < -0.3 is 10.6 Å². The minimum absolute atomic E-state index is 0.247. The molecule has 0 atom stereocenters. The summed E-state index contributed by atoms with van der Waals surface area (Å²) in [4.78, 5) is 16.1. The Morgan fingerprint density at radius 3 is 2.47 bits per heavy atom. The lowest BCUT2D eigenvalue weighted by atomic mass is 9.94. The third-order valence-corrected chi connectivity index (χ3v) is 3.66. The van der Waals surface area contributed by atoms with Gasteiger partial charge >= 0.3 is 0 Å². The zero-order chi connectivity index (χ0) is 12.7. The summed E-state index contributed by atoms with van der Waals surface area (Å²) in [7, 11) is 3.94. The molecule has 1 saturated carbocycles. The van der Waals surface area contributed by atoms with Gasteiger partial charge in [-0.25, -0.2) is 0 Å². The van der Waals surface area contributed by atoms with E-state index in [0.717, 1.165) is 13.0 Å². The Labute approximate surface area is 105 Å². The molecule has 1 amide bonds. The van der Waals surface area contributed by atoms with Gasteiger partial charge in [0.1, 0.15) is 0 Å². The number of carbonyl (C=O) groups excluding carboxylic acids is 1. The fraction of sp³-hybridized carbons (Fsp3) is 0.923. The summed E-state index contributed by atoms with van der Waals surface area (Å²) in [5.41, 5.74) is 5.46. The zero-order valence-corrected chi connectivity index (χ0v) is 11.3. The third kappa shape index (κ3) is 5.04. The van der Waals surface area contributed by atoms with Gasteiger partial charge in [0.2, 0.25) is 5.91 Å². The second kappa shape index (κ2) is 7.67. The van der Waals surface area contributed by atoms with Crippen molar-refractivity contribution in [2.24, 2.45) is 5.73 Å². The van der Waals surface area contributed by atoms with Gasteiger partial charge in [-0.2, -0.15) is 0 Å². The molecule has 0 radical (unpaired) electrons. The molecule has 0 saturated heterocycles. The number of amides is 1. The smallest absolute Gasteiger partial charge is 0.236 e. The summed E-state index contributed by atoms with van der Waals surface area (Å²) >= 11 is 0. The Kier molecular flexibility index (Phi) is 6.52. The molecule has 0 spiro atoms. The van der Waals surface area contributed by atoms with Crippen LogP contribution in [0.2, 0.25) is 0 Å². The summed E-state index contributed by atoms with van der Waals surface area (Å²) < 4.78 is 0. The van der Waals surface area contributed by atoms with E-state index in [2.05, 4.69) is 4.90 Å². The number of hydrogen-bond donors (Lipinski definition) is 1. The van der Waals surface area contributed by atoms with Crippen LogP contribution in [0.5, 0.6) is 0 Å². The highest BCUT2D eigenvalue weighted by atomic mass is 16.2. The number of hydrogen-bond acceptors (Lipinski definition) is 3. The molecule has 0 aromatic carbocycles. The summed E-state index contributed by atoms with van der Waals surface area (Å²) in [6.45, 7) is 2.12. The van der Waals surface area contributed by atoms with Gasteiger partial charge in [-0.15, -0.1) is 0 Å². The highest BCUT2D eigenvalue weighted by Gasteiger charge is 2.22. The van der Waals surface area contributed by atoms with Crippen LogP contribution in [0.25, 0.3) is 0 Å². The molecule has 1 rings (SSSR count). The monoisotopic (exact) mass is 241 g/mol. The van der Waals surface area contributed by atoms with E-state index < -0.39 is 0 Å². The van der Waals surface area contributed by atoms with Crippen molar-refractivity contribution in [3.05, 3.63) is 0 Å². The van der Waals surface area contributed by atoms with Crippen LogP contribution in [0.3, 0.4) is 0 Å². The van der Waals surface area contributed by atoms with Gasteiger partial charge in [0, 0.05) is 13.1 Å². The fourth-order valence-corrected chi connectivity index (χ4v) is 2.45. The van der Waals surface area contributed by atoms with Crippen molar-refractivity contribution < 1.29 is 4.79 Å². The summed E-state index contributed by atoms with van der Waals surface area (Å²) in [5.74, 6) is 0.247. The first-order chi connectivity index (χ1) is 8.15. The van der Waals surface area contributed by atoms with Crippen molar-refractivity contribution in [1.29, 1.82) is 0 Å². The lowest BCUT2D eigenvalue weighted by Gasteiger charge is -2.32. The molecule has 4 nitrogen and oxygen atoms in total. The molecule has 0 heterocycles. The van der Waals surface area contributed by atoms with Crippen LogP contribution in [-0.2, 0) is 4.79 Å². The van der Waals surface area contributed by atoms with Crippen LogP contribution in [0.1, 0.15) is 38.5 Å². The lowest BCUT2D eigenvalue weighted by Crippen LogP contribution is -2.43. The number of likely N-dealkylation sites (N-methyl/N-ethyl adjacent to an activating group) is 2. The maximum Gasteiger partial charge on any atom is 0.236 e. The minimum Gasteiger partial charge on any atom is -0.342 e. The maximum absolute atomic E-state index is 12.1. The van der Waals surface area contributed by atoms with Gasteiger partial charge in [0.05, 0.1) is 6.54 Å². The van der Waals surface area contributed by atoms with E-state index in [-0.39, 0.29) is 5.91 Å². The largest absolute Gasteiger partial charge is 0.342 e. The molecule has 1 fully saturated rings. The predicted octanol–water partition coefficient (Wildman–Crippen LogP) is 1.06. The Bertz CT molecular complexity index is 227. The van der Waals surface area contributed by atoms with E-state index in [9.17, 15) is 4.79 Å². The molecule has 0 bridgehead atoms. The molecular formula is C13H27N3O. The zero-order valence-electron chi connectivity index (χ0n) is 11.3. The first kappa shape index (κ1) is 14.5. The Morgan fingerprint density at radius 1 is 1.24 bits per heavy atom. The van der Waals surface area contributed by atoms with Crippen LogP contribution in [-0.4, -0.2) is 55.5 Å². The number of nitrogens with two attached hydrogens (primary N) is 1. The third-order valence-electron chi connectivity index (χ3n) is 3.66. The van der Waals surface area contributed by atoms with E-state index in [4.69, 9.17) is 5.73 Å². The van der Waals surface area contributed by atoms with Gasteiger partial charge in [0.15, 0.2) is 0 Å². The van der Waals surface area contributed by atoms with Crippen molar-refractivity contribution in [2.45, 2.75) is 44.6 Å². The van der Waals surface area contributed by atoms with Crippen molar-refractivity contribution in [3.8, 4) is 0 Å². The molecule has 0 aromatic heterocycles. The Hall–Kier alpha value is -0.610. The summed E-state index contributed by atoms with van der Waals surface area (Å²) in [6, 6.07) is 0.471. The molecule has 1 aliphatic carbocycles. The second-order valence-electron chi connectivity index (χ2n) is 5.18. The molecule has 0 aliphatic heterocycles. The van der Waals surface area contributed by atoms with E-state index in [0.29, 0.717) is 19.1 Å². The molecule has 0 unspecified atom stereocenters. The van der Waals surface area contributed by atoms with Crippen LogP contribution in [0.4, 0.5) is 0 Å². The molecule has 100 valence electrons. The molecule has 0 aromatic rings. The van der Waals surface area contributed by atoms with E-state index in [1.54, 1.807) is 0 Å². The van der Waals surface area contributed by atoms with Crippen molar-refractivity contribution in [1.82, 2.24) is 9.80 Å². The summed E-state index contributed by atoms with van der Waals surface area (Å²) in [5, 5.41) is 0. The van der Waals surface area contributed by atoms with Gasteiger partial charge in [-0.3, -0.25) is 9.69 Å². The molecule has 17 heavy (non-hydrogen) atoms. The number of nitrogens with zero attached hydrogens (tertiary/aromatic N) is 2. The molecular weight excluding hydrogens is 214 g/mol. The standard InChI is InChI=1S/C13H27N3O/c1-15(10-6-9-14)11-13(17)16(2)12-7-4-3-5-8-12/h12H,3-11,14H2,1-2H3. The Morgan fingerprint density at radius 2 is 1.88 bits per heavy atom. The van der Waals surface area contributed by atoms with Crippen molar-refractivity contribution in [3.63, 3.8) is 0 Å². The molecule has 4 heteroatoms. The normalized spacial score (nSPS) is 17.4. The van der Waals surface area contributed by atoms with E-state index in [1.165, 1.54) is 32.1 Å². The average molecular weight is 241 g/mol. The number of rotatable bonds is 6. The van der Waals surface area contributed by atoms with Crippen LogP contribution in [0, 0.1) is 0 Å². The first-order valence-electron chi connectivity index (χ1n) is 6.79. The van der Waals surface area contributed by atoms with Gasteiger partial charge in [-0.1, -0.05) is 19.3 Å². The highest BCUT2D eigenvalue weighted by molar-refractivity contribution is 5.78. The van der Waals surface area contributed by atoms with Crippen LogP contribution >= 0.6 is 0 Å². The number of carbonyl (C=O) groups is 1. The topological polar surface area (TPSA) is 49.6 Å². The maximum atomic E-state index is 12.1. The van der Waals surface area contributed by atoms with Crippen molar-refractivity contribution >= 4 is 5.91 Å². The van der Waals surface area contributed by atoms with Crippen LogP contribution < -0.4 is 5.73 Å². The van der Waals surface area contributed by atoms with Gasteiger partial charge in [-0.05, 0) is 39.4 Å². The minimum atomic E-state index is 0.247. The van der Waals surface area contributed by atoms with E-state index in [1.807, 2.05) is 19.0 Å². The fourth-order valence-electron chi connectivity index (χ4n) is 2.45. The second-order valence-corrected chi connectivity index (χ2v) is 5.18. The average Bonchev–Trinajstić information content (AvgIpc) is 2.36. The molecule has 2 N–H and O–H groups in total. The van der Waals surface area contributed by atoms with E-state index >= 15 is 0 Å². The molecule has 1 aliphatic rings. The SMILES string of the molecule is CN(CCCN)CC(=O)N(C)C1CCCCC1. The first-order valence-corrected chi connectivity index (χ1v) is 6.79. The highest BCUT2D eigenvalue weighted by Crippen LogP contribution is 2.21.